The Balaban J connectivity index is 1.77. The molecule has 1 aromatic heterocycles. The normalized spacial score (nSPS) is 10.9. The summed E-state index contributed by atoms with van der Waals surface area (Å²) in [5, 5.41) is 4.05. The molecule has 0 saturated heterocycles. The van der Waals surface area contributed by atoms with E-state index in [0.717, 1.165) is 83.7 Å². The third-order valence-electron chi connectivity index (χ3n) is 6.24. The van der Waals surface area contributed by atoms with Gasteiger partial charge in [0.05, 0.1) is 25.6 Å². The summed E-state index contributed by atoms with van der Waals surface area (Å²) in [7, 11) is 3.36. The first-order valence-electron chi connectivity index (χ1n) is 13.4. The topological polar surface area (TPSA) is 65.4 Å². The molecule has 2 aromatic carbocycles. The Labute approximate surface area is 226 Å². The summed E-state index contributed by atoms with van der Waals surface area (Å²) in [6.45, 7) is 6.04. The average molecular weight is 524 g/mol. The minimum atomic E-state index is 0.164. The Hall–Kier alpha value is -2.93. The van der Waals surface area contributed by atoms with Crippen LogP contribution in [0, 0.1) is 0 Å². The van der Waals surface area contributed by atoms with Crippen molar-refractivity contribution in [1.82, 2.24) is 14.9 Å². The van der Waals surface area contributed by atoms with Crippen molar-refractivity contribution in [1.29, 1.82) is 0 Å². The molecular formula is C30H41N3O3S. The van der Waals surface area contributed by atoms with Crippen LogP contribution in [-0.2, 0) is 11.3 Å². The fourth-order valence-electron chi connectivity index (χ4n) is 4.21. The standard InChI is InChI=1S/C30H41N3O3S/c1-5-7-9-20-31-27(34)11-8-10-22-37-30-32-28(23-12-16-25(35-3)17-13-23)29(33(30)21-6-2)24-14-18-26(36-4)19-15-24/h12-19H,5-11,20-22H2,1-4H3,(H,31,34). The Kier molecular flexibility index (Phi) is 11.9. The lowest BCUT2D eigenvalue weighted by Crippen LogP contribution is -2.23. The summed E-state index contributed by atoms with van der Waals surface area (Å²) in [5.74, 6) is 2.75. The molecule has 0 bridgehead atoms. The van der Waals surface area contributed by atoms with Gasteiger partial charge in [0.25, 0.3) is 0 Å². The van der Waals surface area contributed by atoms with Crippen LogP contribution >= 0.6 is 11.8 Å². The van der Waals surface area contributed by atoms with Crippen molar-refractivity contribution in [2.24, 2.45) is 0 Å². The number of hydrogen-bond donors (Lipinski definition) is 1. The fourth-order valence-corrected chi connectivity index (χ4v) is 5.23. The van der Waals surface area contributed by atoms with Gasteiger partial charge in [-0.05, 0) is 74.2 Å². The molecule has 3 rings (SSSR count). The first-order valence-corrected chi connectivity index (χ1v) is 14.4. The SMILES string of the molecule is CCCCCNC(=O)CCCCSc1nc(-c2ccc(OC)cc2)c(-c2ccc(OC)cc2)n1CCC. The second-order valence-electron chi connectivity index (χ2n) is 9.06. The van der Waals surface area contributed by atoms with Crippen LogP contribution in [0.25, 0.3) is 22.5 Å². The first-order chi connectivity index (χ1) is 18.1. The molecule has 0 atom stereocenters. The number of aromatic nitrogens is 2. The number of amides is 1. The van der Waals surface area contributed by atoms with E-state index in [1.165, 1.54) is 12.8 Å². The third-order valence-corrected chi connectivity index (χ3v) is 7.30. The molecular weight excluding hydrogens is 482 g/mol. The van der Waals surface area contributed by atoms with Crippen LogP contribution in [0.3, 0.4) is 0 Å². The zero-order valence-corrected chi connectivity index (χ0v) is 23.5. The number of methoxy groups -OCH3 is 2. The quantitative estimate of drug-likeness (QED) is 0.159. The molecule has 6 nitrogen and oxygen atoms in total. The predicted octanol–water partition coefficient (Wildman–Crippen LogP) is 7.21. The number of carbonyl (C=O) groups excluding carboxylic acids is 1. The molecule has 3 aromatic rings. The number of imidazole rings is 1. The maximum Gasteiger partial charge on any atom is 0.219 e. The van der Waals surface area contributed by atoms with Gasteiger partial charge < -0.3 is 19.4 Å². The molecule has 200 valence electrons. The molecule has 0 aliphatic rings. The molecule has 7 heteroatoms. The molecule has 1 amide bonds. The van der Waals surface area contributed by atoms with Crippen molar-refractivity contribution in [3.8, 4) is 34.0 Å². The molecule has 0 saturated carbocycles. The first kappa shape index (κ1) is 28.6. The Morgan fingerprint density at radius 2 is 1.51 bits per heavy atom. The second kappa shape index (κ2) is 15.4. The number of nitrogens with zero attached hydrogens (tertiary/aromatic N) is 2. The molecule has 1 N–H and O–H groups in total. The number of benzene rings is 2. The molecule has 0 unspecified atom stereocenters. The smallest absolute Gasteiger partial charge is 0.219 e. The van der Waals surface area contributed by atoms with Crippen molar-refractivity contribution in [2.45, 2.75) is 70.5 Å². The van der Waals surface area contributed by atoms with Crippen LogP contribution < -0.4 is 14.8 Å². The summed E-state index contributed by atoms with van der Waals surface area (Å²) in [6, 6.07) is 16.3. The van der Waals surface area contributed by atoms with Gasteiger partial charge in [0.15, 0.2) is 5.16 Å². The number of nitrogens with one attached hydrogen (secondary N) is 1. The van der Waals surface area contributed by atoms with Crippen molar-refractivity contribution in [3.05, 3.63) is 48.5 Å². The van der Waals surface area contributed by atoms with E-state index in [1.807, 2.05) is 24.3 Å². The van der Waals surface area contributed by atoms with Crippen LogP contribution in [0.5, 0.6) is 11.5 Å². The van der Waals surface area contributed by atoms with Crippen molar-refractivity contribution in [2.75, 3.05) is 26.5 Å². The fraction of sp³-hybridized carbons (Fsp3) is 0.467. The number of carbonyl (C=O) groups is 1. The summed E-state index contributed by atoms with van der Waals surface area (Å²) < 4.78 is 13.1. The number of thioether (sulfide) groups is 1. The van der Waals surface area contributed by atoms with E-state index in [0.29, 0.717) is 6.42 Å². The maximum absolute atomic E-state index is 12.1. The molecule has 1 heterocycles. The zero-order valence-electron chi connectivity index (χ0n) is 22.7. The number of ether oxygens (including phenoxy) is 2. The van der Waals surface area contributed by atoms with Gasteiger partial charge in [-0.25, -0.2) is 4.98 Å². The van der Waals surface area contributed by atoms with Gasteiger partial charge >= 0.3 is 0 Å². The highest BCUT2D eigenvalue weighted by molar-refractivity contribution is 7.99. The number of rotatable bonds is 16. The lowest BCUT2D eigenvalue weighted by Gasteiger charge is -2.13. The van der Waals surface area contributed by atoms with Gasteiger partial charge in [-0.1, -0.05) is 38.5 Å². The Bertz CT molecular complexity index is 1090. The minimum Gasteiger partial charge on any atom is -0.497 e. The predicted molar refractivity (Wildman–Crippen MR) is 154 cm³/mol. The van der Waals surface area contributed by atoms with E-state index in [9.17, 15) is 4.79 Å². The Morgan fingerprint density at radius 3 is 2.11 bits per heavy atom. The lowest BCUT2D eigenvalue weighted by atomic mass is 10.0. The van der Waals surface area contributed by atoms with Crippen LogP contribution in [0.2, 0.25) is 0 Å². The maximum atomic E-state index is 12.1. The second-order valence-corrected chi connectivity index (χ2v) is 10.1. The third kappa shape index (κ3) is 8.29. The highest BCUT2D eigenvalue weighted by atomic mass is 32.2. The van der Waals surface area contributed by atoms with Crippen LogP contribution in [0.1, 0.15) is 58.8 Å². The van der Waals surface area contributed by atoms with Gasteiger partial charge in [-0.15, -0.1) is 0 Å². The van der Waals surface area contributed by atoms with E-state index in [2.05, 4.69) is 48.0 Å². The van der Waals surface area contributed by atoms with E-state index >= 15 is 0 Å². The van der Waals surface area contributed by atoms with Gasteiger partial charge in [-0.3, -0.25) is 4.79 Å². The summed E-state index contributed by atoms with van der Waals surface area (Å²) in [6.07, 6.45) is 6.85. The van der Waals surface area contributed by atoms with Crippen LogP contribution in [0.15, 0.2) is 53.7 Å². The lowest BCUT2D eigenvalue weighted by molar-refractivity contribution is -0.121. The molecule has 0 aliphatic carbocycles. The molecule has 0 fully saturated rings. The summed E-state index contributed by atoms with van der Waals surface area (Å²) >= 11 is 1.77. The van der Waals surface area contributed by atoms with Crippen molar-refractivity contribution >= 4 is 17.7 Å². The van der Waals surface area contributed by atoms with Crippen LogP contribution in [-0.4, -0.2) is 42.0 Å². The van der Waals surface area contributed by atoms with E-state index < -0.39 is 0 Å². The van der Waals surface area contributed by atoms with E-state index in [-0.39, 0.29) is 5.91 Å². The van der Waals surface area contributed by atoms with Crippen molar-refractivity contribution < 1.29 is 14.3 Å². The van der Waals surface area contributed by atoms with Crippen molar-refractivity contribution in [3.63, 3.8) is 0 Å². The number of hydrogen-bond acceptors (Lipinski definition) is 5. The van der Waals surface area contributed by atoms with Gasteiger partial charge in [0, 0.05) is 36.4 Å². The highest BCUT2D eigenvalue weighted by Gasteiger charge is 2.20. The largest absolute Gasteiger partial charge is 0.497 e. The molecule has 0 radical (unpaired) electrons. The minimum absolute atomic E-state index is 0.164. The van der Waals surface area contributed by atoms with E-state index in [4.69, 9.17) is 14.5 Å². The molecule has 37 heavy (non-hydrogen) atoms. The number of unbranched alkanes of at least 4 members (excludes halogenated alkanes) is 3. The molecule has 0 spiro atoms. The highest BCUT2D eigenvalue weighted by Crippen LogP contribution is 2.37. The summed E-state index contributed by atoms with van der Waals surface area (Å²) in [5.41, 5.74) is 4.25. The van der Waals surface area contributed by atoms with Gasteiger partial charge in [0.1, 0.15) is 11.5 Å². The molecule has 0 aliphatic heterocycles. The zero-order chi connectivity index (χ0) is 26.5. The monoisotopic (exact) mass is 523 g/mol. The Morgan fingerprint density at radius 1 is 0.865 bits per heavy atom. The average Bonchev–Trinajstić information content (AvgIpc) is 3.29. The summed E-state index contributed by atoms with van der Waals surface area (Å²) in [4.78, 5) is 17.2. The van der Waals surface area contributed by atoms with Gasteiger partial charge in [0.2, 0.25) is 5.91 Å². The van der Waals surface area contributed by atoms with Gasteiger partial charge in [-0.2, -0.15) is 0 Å². The van der Waals surface area contributed by atoms with Crippen LogP contribution in [0.4, 0.5) is 0 Å². The van der Waals surface area contributed by atoms with E-state index in [1.54, 1.807) is 26.0 Å².